The molecule has 2 heterocycles. The van der Waals surface area contributed by atoms with Crippen LogP contribution in [0.1, 0.15) is 5.69 Å². The molecule has 100 valence electrons. The standard InChI is InChI=1S/C11H11N3O3S2/c12-9(15)5-17-14-10(16)4-7-6-19-11(13-7)8-2-1-3-18-8/h1-3,6H,4-5H2,(H2,12,15)(H,14,16). The van der Waals surface area contributed by atoms with Gasteiger partial charge in [-0.2, -0.15) is 0 Å². The molecule has 0 saturated heterocycles. The minimum absolute atomic E-state index is 0.0979. The monoisotopic (exact) mass is 297 g/mol. The second kappa shape index (κ2) is 6.41. The summed E-state index contributed by atoms with van der Waals surface area (Å²) in [6, 6.07) is 3.93. The number of amides is 2. The van der Waals surface area contributed by atoms with Crippen LogP contribution in [0.3, 0.4) is 0 Å². The molecule has 0 aliphatic carbocycles. The van der Waals surface area contributed by atoms with E-state index >= 15 is 0 Å². The van der Waals surface area contributed by atoms with Crippen LogP contribution in [0, 0.1) is 0 Å². The summed E-state index contributed by atoms with van der Waals surface area (Å²) in [6.45, 7) is -0.344. The van der Waals surface area contributed by atoms with E-state index < -0.39 is 5.91 Å². The molecule has 0 aliphatic heterocycles. The predicted octanol–water partition coefficient (Wildman–Crippen LogP) is 0.947. The molecule has 0 aliphatic rings. The van der Waals surface area contributed by atoms with E-state index in [1.807, 2.05) is 22.9 Å². The van der Waals surface area contributed by atoms with Gasteiger partial charge in [0.05, 0.1) is 17.0 Å². The number of nitrogens with zero attached hydrogens (tertiary/aromatic N) is 1. The van der Waals surface area contributed by atoms with Crippen molar-refractivity contribution in [2.24, 2.45) is 5.73 Å². The maximum Gasteiger partial charge on any atom is 0.249 e. The smallest absolute Gasteiger partial charge is 0.249 e. The number of thiophene rings is 1. The lowest BCUT2D eigenvalue weighted by atomic mass is 10.3. The Kier molecular flexibility index (Phi) is 4.61. The molecule has 3 N–H and O–H groups in total. The number of rotatable bonds is 6. The molecule has 0 bridgehead atoms. The third-order valence-electron chi connectivity index (χ3n) is 2.03. The van der Waals surface area contributed by atoms with Crippen LogP contribution in [-0.4, -0.2) is 23.4 Å². The third kappa shape index (κ3) is 4.12. The highest BCUT2D eigenvalue weighted by Crippen LogP contribution is 2.27. The van der Waals surface area contributed by atoms with Crippen molar-refractivity contribution >= 4 is 34.5 Å². The third-order valence-corrected chi connectivity index (χ3v) is 3.96. The molecule has 2 aromatic heterocycles. The molecule has 0 atom stereocenters. The van der Waals surface area contributed by atoms with Crippen LogP contribution in [0.2, 0.25) is 0 Å². The molecule has 0 unspecified atom stereocenters. The van der Waals surface area contributed by atoms with Gasteiger partial charge in [-0.25, -0.2) is 10.5 Å². The minimum Gasteiger partial charge on any atom is -0.368 e. The van der Waals surface area contributed by atoms with Crippen LogP contribution >= 0.6 is 22.7 Å². The number of aromatic nitrogens is 1. The molecular weight excluding hydrogens is 286 g/mol. The lowest BCUT2D eigenvalue weighted by molar-refractivity contribution is -0.137. The van der Waals surface area contributed by atoms with E-state index in [-0.39, 0.29) is 18.9 Å². The molecule has 0 spiro atoms. The van der Waals surface area contributed by atoms with Crippen LogP contribution in [0.15, 0.2) is 22.9 Å². The molecule has 0 radical (unpaired) electrons. The average molecular weight is 297 g/mol. The topological polar surface area (TPSA) is 94.3 Å². The quantitative estimate of drug-likeness (QED) is 0.776. The summed E-state index contributed by atoms with van der Waals surface area (Å²) in [4.78, 5) is 31.9. The number of carbonyl (C=O) groups is 2. The first kappa shape index (κ1) is 13.7. The number of thiazole rings is 1. The number of carbonyl (C=O) groups excluding carboxylic acids is 2. The minimum atomic E-state index is -0.645. The lowest BCUT2D eigenvalue weighted by Gasteiger charge is -2.02. The van der Waals surface area contributed by atoms with Gasteiger partial charge < -0.3 is 5.73 Å². The van der Waals surface area contributed by atoms with Crippen molar-refractivity contribution in [2.75, 3.05) is 6.61 Å². The maximum atomic E-state index is 11.5. The van der Waals surface area contributed by atoms with E-state index in [1.165, 1.54) is 11.3 Å². The first-order valence-electron chi connectivity index (χ1n) is 5.32. The van der Waals surface area contributed by atoms with E-state index in [2.05, 4.69) is 15.3 Å². The van der Waals surface area contributed by atoms with Crippen molar-refractivity contribution in [2.45, 2.75) is 6.42 Å². The fourth-order valence-electron chi connectivity index (χ4n) is 1.29. The number of nitrogens with one attached hydrogen (secondary N) is 1. The molecule has 8 heteroatoms. The first-order valence-corrected chi connectivity index (χ1v) is 7.08. The van der Waals surface area contributed by atoms with Crippen molar-refractivity contribution in [3.05, 3.63) is 28.6 Å². The number of hydrogen-bond donors (Lipinski definition) is 2. The fraction of sp³-hybridized carbons (Fsp3) is 0.182. The Morgan fingerprint density at radius 2 is 2.26 bits per heavy atom. The number of primary amides is 1. The van der Waals surface area contributed by atoms with Gasteiger partial charge in [-0.15, -0.1) is 22.7 Å². The van der Waals surface area contributed by atoms with Crippen LogP contribution in [0.25, 0.3) is 9.88 Å². The van der Waals surface area contributed by atoms with Crippen molar-refractivity contribution in [1.29, 1.82) is 0 Å². The van der Waals surface area contributed by atoms with Gasteiger partial charge in [0, 0.05) is 5.38 Å². The van der Waals surface area contributed by atoms with Gasteiger partial charge in [0.25, 0.3) is 0 Å². The molecule has 19 heavy (non-hydrogen) atoms. The Labute approximate surface area is 117 Å². The fourth-order valence-corrected chi connectivity index (χ4v) is 2.92. The summed E-state index contributed by atoms with van der Waals surface area (Å²) in [5.74, 6) is -1.02. The van der Waals surface area contributed by atoms with Gasteiger partial charge in [-0.05, 0) is 11.4 Å². The van der Waals surface area contributed by atoms with Crippen LogP contribution in [0.4, 0.5) is 0 Å². The number of nitrogens with two attached hydrogens (primary N) is 1. The zero-order chi connectivity index (χ0) is 13.7. The van der Waals surface area contributed by atoms with E-state index in [9.17, 15) is 9.59 Å². The van der Waals surface area contributed by atoms with E-state index in [0.717, 1.165) is 9.88 Å². The molecule has 6 nitrogen and oxygen atoms in total. The number of hydroxylamine groups is 1. The Balaban J connectivity index is 1.86. The highest BCUT2D eigenvalue weighted by molar-refractivity contribution is 7.20. The normalized spacial score (nSPS) is 10.3. The van der Waals surface area contributed by atoms with E-state index in [1.54, 1.807) is 11.3 Å². The second-order valence-corrected chi connectivity index (χ2v) is 5.38. The van der Waals surface area contributed by atoms with Crippen molar-refractivity contribution in [1.82, 2.24) is 10.5 Å². The summed E-state index contributed by atoms with van der Waals surface area (Å²) in [6.07, 6.45) is 0.0979. The maximum absolute atomic E-state index is 11.5. The zero-order valence-electron chi connectivity index (χ0n) is 9.79. The van der Waals surface area contributed by atoms with Gasteiger partial charge in [0.15, 0.2) is 6.61 Å². The summed E-state index contributed by atoms with van der Waals surface area (Å²) >= 11 is 3.08. The SMILES string of the molecule is NC(=O)CONC(=O)Cc1csc(-c2cccs2)n1. The molecule has 0 fully saturated rings. The zero-order valence-corrected chi connectivity index (χ0v) is 11.4. The molecule has 0 aromatic carbocycles. The van der Waals surface area contributed by atoms with Crippen LogP contribution in [0.5, 0.6) is 0 Å². The largest absolute Gasteiger partial charge is 0.368 e. The summed E-state index contributed by atoms with van der Waals surface area (Å²) in [7, 11) is 0. The Morgan fingerprint density at radius 3 is 2.95 bits per heavy atom. The Bertz CT molecular complexity index is 566. The second-order valence-electron chi connectivity index (χ2n) is 3.58. The molecular formula is C11H11N3O3S2. The van der Waals surface area contributed by atoms with Gasteiger partial charge >= 0.3 is 0 Å². The lowest BCUT2D eigenvalue weighted by Crippen LogP contribution is -2.30. The number of hydrogen-bond acceptors (Lipinski definition) is 6. The van der Waals surface area contributed by atoms with Gasteiger partial charge in [-0.1, -0.05) is 6.07 Å². The highest BCUT2D eigenvalue weighted by atomic mass is 32.1. The molecule has 0 saturated carbocycles. The van der Waals surface area contributed by atoms with Crippen LogP contribution < -0.4 is 11.2 Å². The highest BCUT2D eigenvalue weighted by Gasteiger charge is 2.09. The summed E-state index contributed by atoms with van der Waals surface area (Å²) in [5, 5.41) is 4.68. The summed E-state index contributed by atoms with van der Waals surface area (Å²) < 4.78 is 0. The van der Waals surface area contributed by atoms with Crippen LogP contribution in [-0.2, 0) is 20.8 Å². The van der Waals surface area contributed by atoms with Gasteiger partial charge in [0.1, 0.15) is 5.01 Å². The predicted molar refractivity (Wildman–Crippen MR) is 72.4 cm³/mol. The molecule has 2 aromatic rings. The first-order chi connectivity index (χ1) is 9.15. The van der Waals surface area contributed by atoms with Gasteiger partial charge in [0.2, 0.25) is 11.8 Å². The van der Waals surface area contributed by atoms with E-state index in [0.29, 0.717) is 5.69 Å². The Morgan fingerprint density at radius 1 is 1.42 bits per heavy atom. The van der Waals surface area contributed by atoms with Crippen molar-refractivity contribution in [3.8, 4) is 9.88 Å². The van der Waals surface area contributed by atoms with Gasteiger partial charge in [-0.3, -0.25) is 14.4 Å². The molecule has 2 rings (SSSR count). The van der Waals surface area contributed by atoms with Crippen molar-refractivity contribution < 1.29 is 14.4 Å². The Hall–Kier alpha value is -1.77. The average Bonchev–Trinajstić information content (AvgIpc) is 2.97. The summed E-state index contributed by atoms with van der Waals surface area (Å²) in [5.41, 5.74) is 7.66. The van der Waals surface area contributed by atoms with Crippen molar-refractivity contribution in [3.63, 3.8) is 0 Å². The molecule has 2 amide bonds. The van der Waals surface area contributed by atoms with E-state index in [4.69, 9.17) is 5.73 Å².